The van der Waals surface area contributed by atoms with E-state index in [1.807, 2.05) is 0 Å². The Bertz CT molecular complexity index is 827. The van der Waals surface area contributed by atoms with Crippen LogP contribution in [0, 0.1) is 0 Å². The highest BCUT2D eigenvalue weighted by atomic mass is 35.5. The van der Waals surface area contributed by atoms with Gasteiger partial charge in [-0.05, 0) is 37.1 Å². The van der Waals surface area contributed by atoms with Gasteiger partial charge in [-0.2, -0.15) is 0 Å². The van der Waals surface area contributed by atoms with Crippen LogP contribution in [0.15, 0.2) is 24.3 Å². The Balaban J connectivity index is 1.80. The average Bonchev–Trinajstić information content (AvgIpc) is 2.66. The predicted octanol–water partition coefficient (Wildman–Crippen LogP) is 7.68. The largest absolute Gasteiger partial charge is 0.423 e. The first-order chi connectivity index (χ1) is 13.2. The first-order valence-electron chi connectivity index (χ1n) is 7.89. The number of hydrogen-bond donors (Lipinski definition) is 0. The number of carbonyl (C=O) groups excluding carboxylic acids is 2. The Labute approximate surface area is 191 Å². The van der Waals surface area contributed by atoms with Crippen molar-refractivity contribution in [1.29, 1.82) is 0 Å². The van der Waals surface area contributed by atoms with Crippen molar-refractivity contribution in [2.24, 2.45) is 0 Å². The van der Waals surface area contributed by atoms with Gasteiger partial charge in [-0.15, -0.1) is 0 Å². The summed E-state index contributed by atoms with van der Waals surface area (Å²) in [5, 5.41) is 0.885. The SMILES string of the molecule is O=C(CCCCC(=O)Oc1c(Cl)ccc(Cl)c1Cl)Oc1c(Cl)ccc(Cl)c1Cl. The highest BCUT2D eigenvalue weighted by molar-refractivity contribution is 6.45. The fourth-order valence-electron chi connectivity index (χ4n) is 2.07. The highest BCUT2D eigenvalue weighted by Crippen LogP contribution is 2.39. The summed E-state index contributed by atoms with van der Waals surface area (Å²) in [4.78, 5) is 23.9. The molecule has 28 heavy (non-hydrogen) atoms. The highest BCUT2D eigenvalue weighted by Gasteiger charge is 2.17. The number of esters is 2. The molecule has 10 heteroatoms. The maximum absolute atomic E-state index is 11.9. The fraction of sp³-hybridized carbons (Fsp3) is 0.222. The van der Waals surface area contributed by atoms with E-state index in [2.05, 4.69) is 0 Å². The van der Waals surface area contributed by atoms with Crippen LogP contribution in [0.25, 0.3) is 0 Å². The topological polar surface area (TPSA) is 52.6 Å². The number of rotatable bonds is 7. The number of hydrogen-bond acceptors (Lipinski definition) is 4. The summed E-state index contributed by atoms with van der Waals surface area (Å²) in [5.74, 6) is -1.10. The molecule has 0 radical (unpaired) electrons. The van der Waals surface area contributed by atoms with E-state index in [1.165, 1.54) is 24.3 Å². The van der Waals surface area contributed by atoms with Gasteiger partial charge in [0.1, 0.15) is 10.0 Å². The molecule has 0 atom stereocenters. The van der Waals surface area contributed by atoms with E-state index in [1.54, 1.807) is 0 Å². The van der Waals surface area contributed by atoms with Crippen LogP contribution in [0.3, 0.4) is 0 Å². The van der Waals surface area contributed by atoms with Crippen molar-refractivity contribution in [3.8, 4) is 11.5 Å². The molecule has 0 saturated heterocycles. The summed E-state index contributed by atoms with van der Waals surface area (Å²) in [6.45, 7) is 0. The van der Waals surface area contributed by atoms with Crippen molar-refractivity contribution in [1.82, 2.24) is 0 Å². The Morgan fingerprint density at radius 3 is 1.29 bits per heavy atom. The van der Waals surface area contributed by atoms with Crippen LogP contribution in [0.2, 0.25) is 30.1 Å². The van der Waals surface area contributed by atoms with Gasteiger partial charge < -0.3 is 9.47 Å². The molecule has 150 valence electrons. The van der Waals surface area contributed by atoms with Gasteiger partial charge in [-0.1, -0.05) is 69.6 Å². The second kappa shape index (κ2) is 10.8. The van der Waals surface area contributed by atoms with Crippen molar-refractivity contribution in [3.05, 3.63) is 54.4 Å². The van der Waals surface area contributed by atoms with Gasteiger partial charge in [0.25, 0.3) is 0 Å². The van der Waals surface area contributed by atoms with Crippen LogP contribution in [0.4, 0.5) is 0 Å². The van der Waals surface area contributed by atoms with Gasteiger partial charge >= 0.3 is 11.9 Å². The lowest BCUT2D eigenvalue weighted by atomic mass is 10.2. The Morgan fingerprint density at radius 1 is 0.607 bits per heavy atom. The van der Waals surface area contributed by atoms with Gasteiger partial charge in [0.05, 0.1) is 20.1 Å². The van der Waals surface area contributed by atoms with Crippen LogP contribution in [-0.4, -0.2) is 11.9 Å². The molecule has 2 aromatic carbocycles. The zero-order chi connectivity index (χ0) is 20.8. The molecule has 0 aliphatic carbocycles. The fourth-order valence-corrected chi connectivity index (χ4v) is 3.27. The van der Waals surface area contributed by atoms with Gasteiger partial charge in [0.2, 0.25) is 0 Å². The second-order valence-electron chi connectivity index (χ2n) is 5.50. The molecule has 0 N–H and O–H groups in total. The molecule has 0 fully saturated rings. The minimum Gasteiger partial charge on any atom is -0.423 e. The lowest BCUT2D eigenvalue weighted by Gasteiger charge is -2.10. The van der Waals surface area contributed by atoms with Crippen molar-refractivity contribution >= 4 is 81.5 Å². The van der Waals surface area contributed by atoms with E-state index in [-0.39, 0.29) is 54.5 Å². The normalized spacial score (nSPS) is 10.6. The minimum absolute atomic E-state index is 0.00508. The molecule has 0 heterocycles. The Hall–Kier alpha value is -0.880. The third-order valence-corrected chi connectivity index (χ3v) is 5.62. The molecular formula is C18H12Cl6O4. The number of benzene rings is 2. The monoisotopic (exact) mass is 502 g/mol. The molecule has 0 spiro atoms. The van der Waals surface area contributed by atoms with Crippen molar-refractivity contribution in [2.45, 2.75) is 25.7 Å². The maximum Gasteiger partial charge on any atom is 0.311 e. The number of unbranched alkanes of at least 4 members (excludes halogenated alkanes) is 1. The molecule has 0 unspecified atom stereocenters. The first kappa shape index (κ1) is 23.4. The third kappa shape index (κ3) is 6.31. The molecule has 0 bridgehead atoms. The van der Waals surface area contributed by atoms with E-state index in [0.29, 0.717) is 12.8 Å². The number of ether oxygens (including phenoxy) is 2. The summed E-state index contributed by atoms with van der Waals surface area (Å²) >= 11 is 35.6. The molecule has 4 nitrogen and oxygen atoms in total. The van der Waals surface area contributed by atoms with Crippen LogP contribution < -0.4 is 9.47 Å². The lowest BCUT2D eigenvalue weighted by Crippen LogP contribution is -2.11. The smallest absolute Gasteiger partial charge is 0.311 e. The number of carbonyl (C=O) groups is 2. The maximum atomic E-state index is 11.9. The minimum atomic E-state index is -0.555. The van der Waals surface area contributed by atoms with Gasteiger partial charge in [-0.3, -0.25) is 9.59 Å². The average molecular weight is 505 g/mol. The second-order valence-corrected chi connectivity index (χ2v) is 7.88. The number of halogens is 6. The van der Waals surface area contributed by atoms with Crippen molar-refractivity contribution < 1.29 is 19.1 Å². The summed E-state index contributed by atoms with van der Waals surface area (Å²) < 4.78 is 10.3. The van der Waals surface area contributed by atoms with Gasteiger partial charge in [0, 0.05) is 12.8 Å². The molecule has 2 rings (SSSR count). The standard InChI is InChI=1S/C18H12Cl6O4/c19-9-5-7-11(21)17(15(9)23)27-13(25)3-1-2-4-14(26)28-18-12(22)8-6-10(20)16(18)24/h5-8H,1-4H2. The first-order valence-corrected chi connectivity index (χ1v) is 10.2. The van der Waals surface area contributed by atoms with Crippen molar-refractivity contribution in [2.75, 3.05) is 0 Å². The van der Waals surface area contributed by atoms with E-state index in [9.17, 15) is 9.59 Å². The van der Waals surface area contributed by atoms with Crippen LogP contribution >= 0.6 is 69.6 Å². The molecule has 0 saturated carbocycles. The molecular weight excluding hydrogens is 493 g/mol. The molecule has 0 aliphatic heterocycles. The van der Waals surface area contributed by atoms with E-state index < -0.39 is 11.9 Å². The quantitative estimate of drug-likeness (QED) is 0.168. The van der Waals surface area contributed by atoms with E-state index in [0.717, 1.165) is 0 Å². The molecule has 0 aromatic heterocycles. The van der Waals surface area contributed by atoms with Crippen LogP contribution in [-0.2, 0) is 9.59 Å². The van der Waals surface area contributed by atoms with Crippen LogP contribution in [0.5, 0.6) is 11.5 Å². The molecule has 0 amide bonds. The van der Waals surface area contributed by atoms with Crippen molar-refractivity contribution in [3.63, 3.8) is 0 Å². The zero-order valence-corrected chi connectivity index (χ0v) is 18.6. The third-order valence-electron chi connectivity index (χ3n) is 3.45. The summed E-state index contributed by atoms with van der Waals surface area (Å²) in [6.07, 6.45) is 0.845. The molecule has 2 aromatic rings. The summed E-state index contributed by atoms with van der Waals surface area (Å²) in [6, 6.07) is 5.93. The van der Waals surface area contributed by atoms with Crippen LogP contribution in [0.1, 0.15) is 25.7 Å². The van der Waals surface area contributed by atoms with E-state index >= 15 is 0 Å². The van der Waals surface area contributed by atoms with Gasteiger partial charge in [-0.25, -0.2) is 0 Å². The van der Waals surface area contributed by atoms with E-state index in [4.69, 9.17) is 79.1 Å². The molecule has 0 aliphatic rings. The predicted molar refractivity (Wildman–Crippen MR) is 113 cm³/mol. The lowest BCUT2D eigenvalue weighted by molar-refractivity contribution is -0.136. The Morgan fingerprint density at radius 2 is 0.929 bits per heavy atom. The zero-order valence-electron chi connectivity index (χ0n) is 14.0. The Kier molecular flexibility index (Phi) is 9.00. The summed E-state index contributed by atoms with van der Waals surface area (Å²) in [7, 11) is 0. The van der Waals surface area contributed by atoms with Gasteiger partial charge in [0.15, 0.2) is 11.5 Å². The summed E-state index contributed by atoms with van der Waals surface area (Å²) in [5.41, 5.74) is 0.